The Labute approximate surface area is 165 Å². The molecule has 4 nitrogen and oxygen atoms in total. The van der Waals surface area contributed by atoms with Crippen molar-refractivity contribution in [3.63, 3.8) is 0 Å². The number of aromatic nitrogens is 1. The Balaban J connectivity index is 2.03. The maximum Gasteiger partial charge on any atom is 0.260 e. The van der Waals surface area contributed by atoms with E-state index in [0.717, 1.165) is 33.0 Å². The van der Waals surface area contributed by atoms with Gasteiger partial charge in [0.05, 0.1) is 37.4 Å². The third-order valence-electron chi connectivity index (χ3n) is 4.92. The molecule has 0 atom stereocenters. The lowest BCUT2D eigenvalue weighted by atomic mass is 10.0. The maximum atomic E-state index is 13.4. The van der Waals surface area contributed by atoms with Gasteiger partial charge in [0.25, 0.3) is 5.91 Å². The lowest BCUT2D eigenvalue weighted by Gasteiger charge is -2.21. The molecule has 3 aromatic rings. The van der Waals surface area contributed by atoms with E-state index in [9.17, 15) is 4.79 Å². The Kier molecular flexibility index (Phi) is 5.63. The summed E-state index contributed by atoms with van der Waals surface area (Å²) in [5.74, 6) is 0.0289. The molecule has 0 fully saturated rings. The molecule has 1 N–H and O–H groups in total. The SMILES string of the molecule is Cc1ccc(C(=O)N(CC[NH+](C)C)c2nc3cc(C)c(C)cc3s2)c(C)c1. The van der Waals surface area contributed by atoms with Crippen molar-refractivity contribution in [3.8, 4) is 0 Å². The zero-order chi connectivity index (χ0) is 19.7. The fourth-order valence-electron chi connectivity index (χ4n) is 3.10. The number of rotatable bonds is 5. The highest BCUT2D eigenvalue weighted by Gasteiger charge is 2.23. The van der Waals surface area contributed by atoms with Crippen molar-refractivity contribution in [1.29, 1.82) is 0 Å². The first kappa shape index (κ1) is 19.5. The highest BCUT2D eigenvalue weighted by atomic mass is 32.1. The largest absolute Gasteiger partial charge is 0.338 e. The van der Waals surface area contributed by atoms with Gasteiger partial charge in [0.1, 0.15) is 0 Å². The van der Waals surface area contributed by atoms with Crippen molar-refractivity contribution in [2.45, 2.75) is 27.7 Å². The van der Waals surface area contributed by atoms with Crippen LogP contribution in [0.3, 0.4) is 0 Å². The predicted octanol–water partition coefficient (Wildman–Crippen LogP) is 3.32. The quantitative estimate of drug-likeness (QED) is 0.735. The molecular weight excluding hydrogens is 354 g/mol. The number of hydrogen-bond donors (Lipinski definition) is 1. The summed E-state index contributed by atoms with van der Waals surface area (Å²) in [6.07, 6.45) is 0. The first-order valence-electron chi connectivity index (χ1n) is 9.32. The van der Waals surface area contributed by atoms with Crippen molar-refractivity contribution >= 4 is 32.6 Å². The number of nitrogens with zero attached hydrogens (tertiary/aromatic N) is 2. The Morgan fingerprint density at radius 3 is 2.41 bits per heavy atom. The van der Waals surface area contributed by atoms with Crippen molar-refractivity contribution in [1.82, 2.24) is 4.98 Å². The number of carbonyl (C=O) groups is 1. The molecule has 27 heavy (non-hydrogen) atoms. The normalized spacial score (nSPS) is 11.4. The van der Waals surface area contributed by atoms with Crippen molar-refractivity contribution in [2.75, 3.05) is 32.1 Å². The lowest BCUT2D eigenvalue weighted by Crippen LogP contribution is -3.06. The van der Waals surface area contributed by atoms with E-state index in [2.05, 4.69) is 46.1 Å². The van der Waals surface area contributed by atoms with Crippen LogP contribution in [0.25, 0.3) is 10.2 Å². The van der Waals surface area contributed by atoms with Crippen LogP contribution in [0.2, 0.25) is 0 Å². The second kappa shape index (κ2) is 7.79. The van der Waals surface area contributed by atoms with Gasteiger partial charge in [0.15, 0.2) is 5.13 Å². The van der Waals surface area contributed by atoms with Gasteiger partial charge in [0, 0.05) is 5.56 Å². The van der Waals surface area contributed by atoms with Gasteiger partial charge in [-0.2, -0.15) is 0 Å². The molecule has 0 saturated carbocycles. The van der Waals surface area contributed by atoms with Crippen LogP contribution in [-0.2, 0) is 0 Å². The number of quaternary nitrogens is 1. The molecule has 1 amide bonds. The van der Waals surface area contributed by atoms with Gasteiger partial charge in [-0.1, -0.05) is 29.0 Å². The van der Waals surface area contributed by atoms with E-state index in [0.29, 0.717) is 6.54 Å². The smallest absolute Gasteiger partial charge is 0.260 e. The number of benzene rings is 2. The first-order valence-corrected chi connectivity index (χ1v) is 10.1. The second-order valence-electron chi connectivity index (χ2n) is 7.63. The van der Waals surface area contributed by atoms with Crippen molar-refractivity contribution < 1.29 is 9.69 Å². The van der Waals surface area contributed by atoms with E-state index in [1.807, 2.05) is 30.9 Å². The minimum atomic E-state index is 0.0289. The van der Waals surface area contributed by atoms with Crippen molar-refractivity contribution in [2.24, 2.45) is 0 Å². The minimum absolute atomic E-state index is 0.0289. The number of nitrogens with one attached hydrogen (secondary N) is 1. The van der Waals surface area contributed by atoms with E-state index < -0.39 is 0 Å². The zero-order valence-corrected chi connectivity index (χ0v) is 17.8. The van der Waals surface area contributed by atoms with E-state index >= 15 is 0 Å². The second-order valence-corrected chi connectivity index (χ2v) is 8.64. The molecule has 3 rings (SSSR count). The Morgan fingerprint density at radius 1 is 1.04 bits per heavy atom. The zero-order valence-electron chi connectivity index (χ0n) is 17.0. The van der Waals surface area contributed by atoms with E-state index in [1.165, 1.54) is 21.6 Å². The van der Waals surface area contributed by atoms with Crippen LogP contribution in [-0.4, -0.2) is 38.1 Å². The highest BCUT2D eigenvalue weighted by molar-refractivity contribution is 7.22. The Bertz CT molecular complexity index is 952. The van der Waals surface area contributed by atoms with Crippen molar-refractivity contribution in [3.05, 3.63) is 58.1 Å². The van der Waals surface area contributed by atoms with Gasteiger partial charge in [-0.05, 0) is 62.6 Å². The third kappa shape index (κ3) is 4.20. The summed E-state index contributed by atoms with van der Waals surface area (Å²) >= 11 is 1.60. The van der Waals surface area contributed by atoms with E-state index in [4.69, 9.17) is 4.98 Å². The van der Waals surface area contributed by atoms with Crippen LogP contribution in [0, 0.1) is 27.7 Å². The molecule has 142 valence electrons. The van der Waals surface area contributed by atoms with Gasteiger partial charge in [0.2, 0.25) is 0 Å². The highest BCUT2D eigenvalue weighted by Crippen LogP contribution is 2.31. The summed E-state index contributed by atoms with van der Waals surface area (Å²) < 4.78 is 1.13. The van der Waals surface area contributed by atoms with Gasteiger partial charge >= 0.3 is 0 Å². The summed E-state index contributed by atoms with van der Waals surface area (Å²) in [5.41, 5.74) is 6.37. The fourth-order valence-corrected chi connectivity index (χ4v) is 4.17. The Hall–Kier alpha value is -2.24. The molecule has 1 aromatic heterocycles. The number of aryl methyl sites for hydroxylation is 4. The fraction of sp³-hybridized carbons (Fsp3) is 0.364. The van der Waals surface area contributed by atoms with Crippen LogP contribution in [0.15, 0.2) is 30.3 Å². The average molecular weight is 383 g/mol. The molecular formula is C22H28N3OS+. The average Bonchev–Trinajstić information content (AvgIpc) is 2.97. The van der Waals surface area contributed by atoms with Gasteiger partial charge < -0.3 is 4.90 Å². The molecule has 0 radical (unpaired) electrons. The number of hydrogen-bond acceptors (Lipinski definition) is 3. The number of fused-ring (bicyclic) bond motifs is 1. The van der Waals surface area contributed by atoms with Crippen LogP contribution in [0.4, 0.5) is 5.13 Å². The van der Waals surface area contributed by atoms with Crippen LogP contribution < -0.4 is 9.80 Å². The summed E-state index contributed by atoms with van der Waals surface area (Å²) in [5, 5.41) is 0.779. The molecule has 0 aliphatic heterocycles. The van der Waals surface area contributed by atoms with Gasteiger partial charge in [-0.3, -0.25) is 9.69 Å². The molecule has 0 bridgehead atoms. The van der Waals surface area contributed by atoms with Gasteiger partial charge in [-0.25, -0.2) is 4.98 Å². The number of thiazole rings is 1. The third-order valence-corrected chi connectivity index (χ3v) is 5.96. The monoisotopic (exact) mass is 382 g/mol. The number of likely N-dealkylation sites (N-methyl/N-ethyl adjacent to an activating group) is 1. The number of anilines is 1. The Morgan fingerprint density at radius 2 is 1.74 bits per heavy atom. The summed E-state index contributed by atoms with van der Waals surface area (Å²) in [6.45, 7) is 9.77. The maximum absolute atomic E-state index is 13.4. The molecule has 0 aliphatic rings. The predicted molar refractivity (Wildman–Crippen MR) is 114 cm³/mol. The minimum Gasteiger partial charge on any atom is -0.338 e. The summed E-state index contributed by atoms with van der Waals surface area (Å²) in [7, 11) is 4.20. The molecule has 0 unspecified atom stereocenters. The number of carbonyl (C=O) groups excluding carboxylic acids is 1. The topological polar surface area (TPSA) is 37.6 Å². The standard InChI is InChI=1S/C22H27N3OS/c1-14-7-8-18(17(4)11-14)21(26)25(10-9-24(5)6)22-23-19-12-15(2)16(3)13-20(19)27-22/h7-8,11-13H,9-10H2,1-6H3/p+1. The molecule has 0 saturated heterocycles. The van der Waals surface area contributed by atoms with Crippen LogP contribution in [0.1, 0.15) is 32.6 Å². The van der Waals surface area contributed by atoms with Gasteiger partial charge in [-0.15, -0.1) is 0 Å². The number of amides is 1. The molecule has 1 heterocycles. The lowest BCUT2D eigenvalue weighted by molar-refractivity contribution is -0.856. The summed E-state index contributed by atoms with van der Waals surface area (Å²) in [6, 6.07) is 10.3. The van der Waals surface area contributed by atoms with E-state index in [1.54, 1.807) is 11.3 Å². The van der Waals surface area contributed by atoms with E-state index in [-0.39, 0.29) is 5.91 Å². The molecule has 5 heteroatoms. The summed E-state index contributed by atoms with van der Waals surface area (Å²) in [4.78, 5) is 21.3. The molecule has 2 aromatic carbocycles. The molecule has 0 aliphatic carbocycles. The van der Waals surface area contributed by atoms with Crippen LogP contribution >= 0.6 is 11.3 Å². The molecule has 0 spiro atoms. The van der Waals surface area contributed by atoms with Crippen LogP contribution in [0.5, 0.6) is 0 Å². The first-order chi connectivity index (χ1) is 12.8.